The molecule has 202 valence electrons. The van der Waals surface area contributed by atoms with Gasteiger partial charge in [-0.1, -0.05) is 48.4 Å². The maximum Gasteiger partial charge on any atom is 0.274 e. The molecule has 3 fully saturated rings. The fourth-order valence-electron chi connectivity index (χ4n) is 6.74. The van der Waals surface area contributed by atoms with Gasteiger partial charge in [-0.15, -0.1) is 0 Å². The minimum atomic E-state index is -0.494. The van der Waals surface area contributed by atoms with Gasteiger partial charge in [0.05, 0.1) is 16.5 Å². The van der Waals surface area contributed by atoms with Gasteiger partial charge in [0.15, 0.2) is 0 Å². The van der Waals surface area contributed by atoms with E-state index in [0.29, 0.717) is 48.5 Å². The molecular weight excluding hydrogens is 504 g/mol. The Morgan fingerprint density at radius 1 is 1.11 bits per heavy atom. The van der Waals surface area contributed by atoms with Gasteiger partial charge >= 0.3 is 0 Å². The molecule has 2 aliphatic heterocycles. The summed E-state index contributed by atoms with van der Waals surface area (Å²) in [7, 11) is 0. The highest BCUT2D eigenvalue weighted by atomic mass is 35.5. The molecule has 4 atom stereocenters. The van der Waals surface area contributed by atoms with Crippen LogP contribution in [-0.4, -0.2) is 58.8 Å². The first-order valence-corrected chi connectivity index (χ1v) is 14.0. The summed E-state index contributed by atoms with van der Waals surface area (Å²) in [4.78, 5) is 41.7. The minimum Gasteiger partial charge on any atom is -0.354 e. The summed E-state index contributed by atoms with van der Waals surface area (Å²) in [5, 5.41) is 14.9. The number of fused-ring (bicyclic) bond motifs is 1. The predicted octanol–water partition coefficient (Wildman–Crippen LogP) is 4.83. The fourth-order valence-corrected chi connectivity index (χ4v) is 6.95. The van der Waals surface area contributed by atoms with Crippen LogP contribution in [0.15, 0.2) is 42.5 Å². The monoisotopic (exact) mass is 538 g/mol. The molecule has 1 N–H and O–H groups in total. The molecule has 9 heteroatoms. The number of likely N-dealkylation sites (tertiary alicyclic amines) is 2. The van der Waals surface area contributed by atoms with Crippen LogP contribution in [0.5, 0.6) is 0 Å². The number of nitrogens with one attached hydrogen (secondary N) is 1. The van der Waals surface area contributed by atoms with Crippen molar-refractivity contribution in [2.24, 2.45) is 17.8 Å². The van der Waals surface area contributed by atoms with E-state index in [1.54, 1.807) is 6.92 Å². The van der Waals surface area contributed by atoms with Gasteiger partial charge in [-0.3, -0.25) is 24.6 Å². The number of carbonyl (C=O) groups is 2. The topological polar surface area (TPSA) is 95.8 Å². The van der Waals surface area contributed by atoms with Crippen LogP contribution in [0.1, 0.15) is 53.6 Å². The number of benzene rings is 2. The molecule has 0 spiro atoms. The molecule has 3 aliphatic rings. The van der Waals surface area contributed by atoms with Crippen molar-refractivity contribution in [2.45, 2.75) is 51.6 Å². The molecule has 2 saturated heterocycles. The van der Waals surface area contributed by atoms with Crippen LogP contribution in [0.2, 0.25) is 5.02 Å². The molecule has 1 saturated carbocycles. The maximum absolute atomic E-state index is 13.4. The fraction of sp³-hybridized carbons (Fsp3) is 0.517. The lowest BCUT2D eigenvalue weighted by Gasteiger charge is -2.33. The molecule has 38 heavy (non-hydrogen) atoms. The third-order valence-electron chi connectivity index (χ3n) is 8.74. The summed E-state index contributed by atoms with van der Waals surface area (Å²) in [6.45, 7) is 5.19. The average Bonchev–Trinajstić information content (AvgIpc) is 3.56. The Kier molecular flexibility index (Phi) is 8.00. The highest BCUT2D eigenvalue weighted by molar-refractivity contribution is 6.31. The molecule has 1 aliphatic carbocycles. The van der Waals surface area contributed by atoms with Crippen LogP contribution in [0.4, 0.5) is 5.69 Å². The van der Waals surface area contributed by atoms with E-state index < -0.39 is 4.92 Å². The lowest BCUT2D eigenvalue weighted by molar-refractivity contribution is -0.385. The summed E-state index contributed by atoms with van der Waals surface area (Å²) >= 11 is 6.12. The van der Waals surface area contributed by atoms with E-state index in [9.17, 15) is 19.7 Å². The van der Waals surface area contributed by atoms with E-state index >= 15 is 0 Å². The lowest BCUT2D eigenvalue weighted by atomic mass is 9.74. The molecule has 2 amide bonds. The van der Waals surface area contributed by atoms with E-state index in [-0.39, 0.29) is 28.6 Å². The summed E-state index contributed by atoms with van der Waals surface area (Å²) < 4.78 is 0. The van der Waals surface area contributed by atoms with E-state index in [4.69, 9.17) is 11.6 Å². The van der Waals surface area contributed by atoms with Gasteiger partial charge in [0.25, 0.3) is 11.6 Å². The van der Waals surface area contributed by atoms with Crippen molar-refractivity contribution in [2.75, 3.05) is 26.2 Å². The Hall–Kier alpha value is -2.97. The van der Waals surface area contributed by atoms with Gasteiger partial charge in [0, 0.05) is 42.8 Å². The van der Waals surface area contributed by atoms with Crippen LogP contribution in [0, 0.1) is 34.8 Å². The van der Waals surface area contributed by atoms with Crippen molar-refractivity contribution in [1.29, 1.82) is 0 Å². The van der Waals surface area contributed by atoms with Gasteiger partial charge in [0.2, 0.25) is 5.91 Å². The molecule has 0 aromatic heterocycles. The van der Waals surface area contributed by atoms with Crippen molar-refractivity contribution in [1.82, 2.24) is 15.1 Å². The van der Waals surface area contributed by atoms with Gasteiger partial charge in [-0.25, -0.2) is 0 Å². The zero-order valence-electron chi connectivity index (χ0n) is 21.8. The molecule has 2 aromatic rings. The van der Waals surface area contributed by atoms with Crippen LogP contribution in [-0.2, 0) is 11.3 Å². The number of nitrogens with zero attached hydrogens (tertiary/aromatic N) is 3. The molecule has 8 nitrogen and oxygen atoms in total. The second-order valence-electron chi connectivity index (χ2n) is 11.0. The molecule has 0 bridgehead atoms. The Morgan fingerprint density at radius 2 is 1.89 bits per heavy atom. The zero-order valence-corrected chi connectivity index (χ0v) is 22.5. The Morgan fingerprint density at radius 3 is 2.66 bits per heavy atom. The summed E-state index contributed by atoms with van der Waals surface area (Å²) in [5.41, 5.74) is 1.73. The predicted molar refractivity (Wildman–Crippen MR) is 146 cm³/mol. The number of carbonyl (C=O) groups excluding carboxylic acids is 2. The zero-order chi connectivity index (χ0) is 26.8. The van der Waals surface area contributed by atoms with Crippen molar-refractivity contribution in [3.8, 4) is 0 Å². The largest absolute Gasteiger partial charge is 0.354 e. The van der Waals surface area contributed by atoms with Gasteiger partial charge in [0.1, 0.15) is 0 Å². The number of nitro benzene ring substituents is 1. The number of hydrogen-bond acceptors (Lipinski definition) is 5. The molecule has 5 rings (SSSR count). The number of halogens is 1. The third-order valence-corrected chi connectivity index (χ3v) is 8.96. The smallest absolute Gasteiger partial charge is 0.274 e. The highest BCUT2D eigenvalue weighted by Crippen LogP contribution is 2.41. The summed E-state index contributed by atoms with van der Waals surface area (Å²) in [5.74, 6) is 0.909. The van der Waals surface area contributed by atoms with E-state index in [0.717, 1.165) is 45.2 Å². The third kappa shape index (κ3) is 5.57. The molecule has 2 aromatic carbocycles. The number of hydrogen-bond donors (Lipinski definition) is 1. The Bertz CT molecular complexity index is 1210. The first-order valence-electron chi connectivity index (χ1n) is 13.6. The first kappa shape index (κ1) is 26.6. The molecule has 0 unspecified atom stereocenters. The number of nitro groups is 1. The quantitative estimate of drug-likeness (QED) is 0.402. The average molecular weight is 539 g/mol. The molecular formula is C29H35ClN4O4. The second kappa shape index (κ2) is 11.4. The minimum absolute atomic E-state index is 0.0992. The number of amides is 2. The van der Waals surface area contributed by atoms with Crippen molar-refractivity contribution in [3.05, 3.63) is 74.3 Å². The molecule has 2 heterocycles. The lowest BCUT2D eigenvalue weighted by Crippen LogP contribution is -2.46. The highest BCUT2D eigenvalue weighted by Gasteiger charge is 2.42. The summed E-state index contributed by atoms with van der Waals surface area (Å²) in [6.07, 6.45) is 5.07. The van der Waals surface area contributed by atoms with Crippen LogP contribution in [0.25, 0.3) is 0 Å². The number of rotatable bonds is 7. The van der Waals surface area contributed by atoms with Crippen LogP contribution in [0.3, 0.4) is 0 Å². The Labute approximate surface area is 228 Å². The standard InChI is InChI=1S/C29H35ClN4O4/c1-19-24(13-23(30)14-27(19)34(37)38)29(36)33-17-22-10-5-9-21(25(22)18-33)15-31-28(35)26-11-6-12-32(26)16-20-7-3-2-4-8-20/h2-4,7-8,13-14,21-22,25-26H,5-6,9-12,15-18H2,1H3,(H,31,35)/t21-,22-,25-,26+/m1/s1. The van der Waals surface area contributed by atoms with Crippen molar-refractivity contribution < 1.29 is 14.5 Å². The van der Waals surface area contributed by atoms with Gasteiger partial charge in [-0.05, 0) is 68.5 Å². The first-order chi connectivity index (χ1) is 18.3. The normalized spacial score (nSPS) is 25.3. The van der Waals surface area contributed by atoms with E-state index in [1.807, 2.05) is 23.1 Å². The van der Waals surface area contributed by atoms with Crippen molar-refractivity contribution >= 4 is 29.1 Å². The van der Waals surface area contributed by atoms with E-state index in [2.05, 4.69) is 22.3 Å². The summed E-state index contributed by atoms with van der Waals surface area (Å²) in [6, 6.07) is 13.0. The molecule has 0 radical (unpaired) electrons. The SMILES string of the molecule is Cc1c(C(=O)N2C[C@H]3CCC[C@H](CNC(=O)[C@@H]4CCCN4Cc4ccccc4)[C@H]3C2)cc(Cl)cc1[N+](=O)[O-]. The van der Waals surface area contributed by atoms with Gasteiger partial charge < -0.3 is 10.2 Å². The van der Waals surface area contributed by atoms with Crippen LogP contribution >= 0.6 is 11.6 Å². The Balaban J connectivity index is 1.21. The van der Waals surface area contributed by atoms with Crippen LogP contribution < -0.4 is 5.32 Å². The second-order valence-corrected chi connectivity index (χ2v) is 11.5. The maximum atomic E-state index is 13.4. The van der Waals surface area contributed by atoms with Crippen molar-refractivity contribution in [3.63, 3.8) is 0 Å². The van der Waals surface area contributed by atoms with E-state index in [1.165, 1.54) is 17.7 Å². The van der Waals surface area contributed by atoms with Gasteiger partial charge in [-0.2, -0.15) is 0 Å².